The molecule has 0 amide bonds. The zero-order valence-electron chi connectivity index (χ0n) is 15.9. The molecule has 0 aliphatic heterocycles. The van der Waals surface area contributed by atoms with E-state index in [1.165, 1.54) is 38.5 Å². The van der Waals surface area contributed by atoms with Gasteiger partial charge < -0.3 is 21.8 Å². The van der Waals surface area contributed by atoms with Gasteiger partial charge in [0.15, 0.2) is 0 Å². The van der Waals surface area contributed by atoms with Crippen LogP contribution in [0.5, 0.6) is 0 Å². The molecule has 0 saturated heterocycles. The summed E-state index contributed by atoms with van der Waals surface area (Å²) in [4.78, 5) is 0. The summed E-state index contributed by atoms with van der Waals surface area (Å²) >= 11 is 1.58. The summed E-state index contributed by atoms with van der Waals surface area (Å²) in [7, 11) is 0. The minimum atomic E-state index is 0. The Morgan fingerprint density at radius 2 is 1.24 bits per heavy atom. The Hall–Kier alpha value is 0.350. The van der Waals surface area contributed by atoms with E-state index in [1.807, 2.05) is 6.88 Å². The summed E-state index contributed by atoms with van der Waals surface area (Å²) in [5.41, 5.74) is 3.45. The van der Waals surface area contributed by atoms with Crippen LogP contribution in [0.4, 0.5) is 0 Å². The molecular formula is C22H34ClSiZr-3. The quantitative estimate of drug-likeness (QED) is 0.374. The first-order valence-electron chi connectivity index (χ1n) is 8.76. The van der Waals surface area contributed by atoms with Gasteiger partial charge in [-0.25, -0.2) is 0 Å². The molecule has 3 heteroatoms. The normalized spacial score (nSPS) is 32.2. The second kappa shape index (κ2) is 11.9. The van der Waals surface area contributed by atoms with Crippen LogP contribution < -0.4 is 0 Å². The maximum absolute atomic E-state index is 4.65. The summed E-state index contributed by atoms with van der Waals surface area (Å²) in [6, 6.07) is 0. The molecule has 140 valence electrons. The van der Waals surface area contributed by atoms with E-state index >= 15 is 0 Å². The van der Waals surface area contributed by atoms with Crippen molar-refractivity contribution in [2.24, 2.45) is 29.6 Å². The molecule has 0 radical (unpaired) electrons. The third-order valence-electron chi connectivity index (χ3n) is 6.18. The third-order valence-corrected chi connectivity index (χ3v) is 6.18. The Morgan fingerprint density at radius 3 is 1.64 bits per heavy atom. The van der Waals surface area contributed by atoms with Gasteiger partial charge in [0.25, 0.3) is 0 Å². The summed E-state index contributed by atoms with van der Waals surface area (Å²) in [6.45, 7) is 6.61. The molecule has 4 atom stereocenters. The molecule has 4 rings (SSSR count). The Balaban J connectivity index is 0.00000111. The second-order valence-electron chi connectivity index (χ2n) is 7.09. The van der Waals surface area contributed by atoms with Gasteiger partial charge in [0, 0.05) is 0 Å². The monoisotopic (exact) mass is 451 g/mol. The van der Waals surface area contributed by atoms with E-state index in [4.69, 9.17) is 0 Å². The number of allylic oxidation sites excluding steroid dienone is 8. The van der Waals surface area contributed by atoms with Gasteiger partial charge in [-0.3, -0.25) is 0 Å². The van der Waals surface area contributed by atoms with Crippen molar-refractivity contribution < 1.29 is 23.3 Å². The zero-order chi connectivity index (χ0) is 15.5. The third kappa shape index (κ3) is 5.20. The second-order valence-corrected chi connectivity index (χ2v) is 7.09. The van der Waals surface area contributed by atoms with E-state index in [9.17, 15) is 0 Å². The van der Waals surface area contributed by atoms with E-state index in [2.05, 4.69) is 43.4 Å². The van der Waals surface area contributed by atoms with Crippen LogP contribution in [0.25, 0.3) is 0 Å². The first kappa shape index (κ1) is 25.4. The van der Waals surface area contributed by atoms with E-state index < -0.39 is 0 Å². The van der Waals surface area contributed by atoms with Crippen LogP contribution >= 0.6 is 12.4 Å². The van der Waals surface area contributed by atoms with Gasteiger partial charge in [-0.15, -0.1) is 12.4 Å². The number of hydrogen-bond donors (Lipinski definition) is 0. The van der Waals surface area contributed by atoms with Crippen LogP contribution in [-0.4, -0.2) is 6.88 Å². The molecule has 0 aromatic rings. The van der Waals surface area contributed by atoms with Crippen molar-refractivity contribution in [2.45, 2.75) is 38.5 Å². The molecule has 0 aromatic heterocycles. The maximum atomic E-state index is 4.65. The molecule has 0 bridgehead atoms. The van der Waals surface area contributed by atoms with Crippen LogP contribution in [0, 0.1) is 51.4 Å². The van der Waals surface area contributed by atoms with Crippen LogP contribution in [-0.2, 0) is 23.3 Å². The van der Waals surface area contributed by atoms with Crippen LogP contribution in [0.15, 0.2) is 47.6 Å². The van der Waals surface area contributed by atoms with E-state index in [-0.39, 0.29) is 27.3 Å². The van der Waals surface area contributed by atoms with Crippen molar-refractivity contribution in [1.82, 2.24) is 0 Å². The van der Waals surface area contributed by atoms with Crippen molar-refractivity contribution in [1.29, 1.82) is 0 Å². The fourth-order valence-corrected chi connectivity index (χ4v) is 5.11. The van der Waals surface area contributed by atoms with Crippen molar-refractivity contribution in [3.63, 3.8) is 0 Å². The van der Waals surface area contributed by atoms with Gasteiger partial charge in [0.05, 0.1) is 0 Å². The molecular weight excluding hydrogens is 419 g/mol. The average molecular weight is 453 g/mol. The van der Waals surface area contributed by atoms with Gasteiger partial charge in [-0.05, 0) is 62.2 Å². The number of hydrogen-bond acceptors (Lipinski definition) is 0. The average Bonchev–Trinajstić information content (AvgIpc) is 3.20. The van der Waals surface area contributed by atoms with Gasteiger partial charge in [-0.2, -0.15) is 5.92 Å². The molecule has 0 aromatic carbocycles. The van der Waals surface area contributed by atoms with Gasteiger partial charge >= 0.3 is 30.2 Å². The van der Waals surface area contributed by atoms with Crippen molar-refractivity contribution in [3.05, 3.63) is 69.4 Å². The Kier molecular flexibility index (Phi) is 12.1. The molecule has 0 nitrogen and oxygen atoms in total. The van der Waals surface area contributed by atoms with Gasteiger partial charge in [-0.1, -0.05) is 47.6 Å². The summed E-state index contributed by atoms with van der Waals surface area (Å²) in [6.07, 6.45) is 22.1. The molecule has 25 heavy (non-hydrogen) atoms. The first-order valence-corrected chi connectivity index (χ1v) is 14.7. The van der Waals surface area contributed by atoms with Gasteiger partial charge in [0.2, 0.25) is 0 Å². The van der Waals surface area contributed by atoms with Crippen molar-refractivity contribution in [3.8, 4) is 0 Å². The fourth-order valence-electron chi connectivity index (χ4n) is 5.11. The molecule has 0 spiro atoms. The summed E-state index contributed by atoms with van der Waals surface area (Å²) in [5.74, 6) is 3.78. The SMILES string of the molecule is Cl.[CH2-]C(C1CCC2CC=CC=C21)C1CCC2CC=CC=C21.[CH3-].[CH3-].[SiH2]=[Zr]. The number of rotatable bonds is 2. The predicted octanol–water partition coefficient (Wildman–Crippen LogP) is 5.67. The van der Waals surface area contributed by atoms with E-state index in [1.54, 1.807) is 34.5 Å². The van der Waals surface area contributed by atoms with Crippen LogP contribution in [0.2, 0.25) is 0 Å². The van der Waals surface area contributed by atoms with Gasteiger partial charge in [0.1, 0.15) is 0 Å². The van der Waals surface area contributed by atoms with Crippen LogP contribution in [0.3, 0.4) is 0 Å². The molecule has 0 heterocycles. The predicted molar refractivity (Wildman–Crippen MR) is 114 cm³/mol. The Labute approximate surface area is 179 Å². The van der Waals surface area contributed by atoms with Crippen molar-refractivity contribution >= 4 is 19.3 Å². The minimum absolute atomic E-state index is 0. The Bertz CT molecular complexity index is 488. The zero-order valence-corrected chi connectivity index (χ0v) is 20.6. The molecule has 2 saturated carbocycles. The standard InChI is InChI=1S/C20H25.2CH3.ClH.H2Si.Zr/c1-14(17-12-10-15-6-2-4-8-19(15)17)18-13-11-16-7-3-5-9-20(16)18;;;;;/h2-5,8-9,14-18H,1,6-7,10-13H2;2*1H3;1H;1H2;/q3*-1;;;. The molecule has 2 fully saturated rings. The molecule has 4 aliphatic carbocycles. The molecule has 4 unspecified atom stereocenters. The number of halogens is 1. The number of fused-ring (bicyclic) bond motifs is 2. The summed E-state index contributed by atoms with van der Waals surface area (Å²) < 4.78 is 0. The molecule has 4 aliphatic rings. The fraction of sp³-hybridized carbons (Fsp3) is 0.500. The summed E-state index contributed by atoms with van der Waals surface area (Å²) in [5, 5.41) is 0. The topological polar surface area (TPSA) is 0 Å². The molecule has 0 N–H and O–H groups in total. The van der Waals surface area contributed by atoms with E-state index in [0.29, 0.717) is 5.92 Å². The first-order chi connectivity index (χ1) is 10.8. The Morgan fingerprint density at radius 1 is 0.840 bits per heavy atom. The van der Waals surface area contributed by atoms with Crippen molar-refractivity contribution in [2.75, 3.05) is 0 Å². The van der Waals surface area contributed by atoms with Crippen LogP contribution in [0.1, 0.15) is 38.5 Å². The van der Waals surface area contributed by atoms with E-state index in [0.717, 1.165) is 23.7 Å².